The van der Waals surface area contributed by atoms with Crippen LogP contribution in [0.15, 0.2) is 16.5 Å². The predicted octanol–water partition coefficient (Wildman–Crippen LogP) is 4.56. The number of anilines is 2. The second-order valence-corrected chi connectivity index (χ2v) is 9.38. The van der Waals surface area contributed by atoms with Crippen molar-refractivity contribution in [3.05, 3.63) is 35.2 Å². The second-order valence-electron chi connectivity index (χ2n) is 9.38. The Kier molecular flexibility index (Phi) is 5.55. The highest BCUT2D eigenvalue weighted by molar-refractivity contribution is 6.03. The van der Waals surface area contributed by atoms with Crippen molar-refractivity contribution in [1.82, 2.24) is 4.98 Å². The Bertz CT molecular complexity index is 1050. The quantitative estimate of drug-likeness (QED) is 0.621. The number of carbonyl (C=O) groups is 1. The first kappa shape index (κ1) is 22.1. The SMILES string of the molecule is CCc1oc(N2CC(CC)(OC)C2)nc1C(=O)Nc1ccc(OC2CC3CC3C2)c(F)c1F. The Morgan fingerprint density at radius 3 is 2.58 bits per heavy atom. The number of hydrogen-bond acceptors (Lipinski definition) is 6. The van der Waals surface area contributed by atoms with Crippen molar-refractivity contribution in [2.45, 2.75) is 57.7 Å². The van der Waals surface area contributed by atoms with Crippen molar-refractivity contribution in [3.63, 3.8) is 0 Å². The smallest absolute Gasteiger partial charge is 0.298 e. The number of methoxy groups -OCH3 is 1. The molecule has 1 N–H and O–H groups in total. The minimum absolute atomic E-state index is 0.0595. The fourth-order valence-corrected chi connectivity index (χ4v) is 5.01. The van der Waals surface area contributed by atoms with E-state index in [-0.39, 0.29) is 28.8 Å². The molecule has 9 heteroatoms. The lowest BCUT2D eigenvalue weighted by Crippen LogP contribution is -2.62. The minimum Gasteiger partial charge on any atom is -0.487 e. The van der Waals surface area contributed by atoms with Crippen molar-refractivity contribution in [2.75, 3.05) is 30.4 Å². The first-order valence-corrected chi connectivity index (χ1v) is 11.6. The average Bonchev–Trinajstić information content (AvgIpc) is 3.19. The summed E-state index contributed by atoms with van der Waals surface area (Å²) in [4.78, 5) is 19.1. The average molecular weight is 462 g/mol. The van der Waals surface area contributed by atoms with E-state index in [1.165, 1.54) is 18.6 Å². The Hall–Kier alpha value is -2.68. The molecule has 7 nitrogen and oxygen atoms in total. The number of ether oxygens (including phenoxy) is 2. The summed E-state index contributed by atoms with van der Waals surface area (Å²) >= 11 is 0. The molecule has 0 spiro atoms. The lowest BCUT2D eigenvalue weighted by Gasteiger charge is -2.47. The Morgan fingerprint density at radius 1 is 1.21 bits per heavy atom. The van der Waals surface area contributed by atoms with Crippen LogP contribution in [0.3, 0.4) is 0 Å². The van der Waals surface area contributed by atoms with Crippen LogP contribution in [0.5, 0.6) is 5.75 Å². The Balaban J connectivity index is 1.28. The molecule has 1 aromatic heterocycles. The monoisotopic (exact) mass is 461 g/mol. The molecule has 2 aromatic rings. The summed E-state index contributed by atoms with van der Waals surface area (Å²) in [7, 11) is 1.67. The van der Waals surface area contributed by atoms with Crippen molar-refractivity contribution in [3.8, 4) is 5.75 Å². The van der Waals surface area contributed by atoms with Crippen LogP contribution in [0.2, 0.25) is 0 Å². The summed E-state index contributed by atoms with van der Waals surface area (Å²) < 4.78 is 46.4. The molecular formula is C24H29F2N3O4. The zero-order valence-corrected chi connectivity index (χ0v) is 19.1. The first-order chi connectivity index (χ1) is 15.9. The van der Waals surface area contributed by atoms with Gasteiger partial charge >= 0.3 is 0 Å². The third kappa shape index (κ3) is 3.96. The van der Waals surface area contributed by atoms with Crippen LogP contribution >= 0.6 is 0 Å². The van der Waals surface area contributed by atoms with E-state index >= 15 is 0 Å². The van der Waals surface area contributed by atoms with Gasteiger partial charge in [0.1, 0.15) is 11.4 Å². The topological polar surface area (TPSA) is 76.8 Å². The summed E-state index contributed by atoms with van der Waals surface area (Å²) in [6, 6.07) is 3.00. The van der Waals surface area contributed by atoms with Gasteiger partial charge in [-0.15, -0.1) is 0 Å². The maximum absolute atomic E-state index is 14.7. The summed E-state index contributed by atoms with van der Waals surface area (Å²) in [5.74, 6) is -1.29. The zero-order valence-electron chi connectivity index (χ0n) is 19.1. The molecule has 3 fully saturated rings. The van der Waals surface area contributed by atoms with Gasteiger partial charge in [-0.1, -0.05) is 13.8 Å². The number of carbonyl (C=O) groups excluding carboxylic acids is 1. The van der Waals surface area contributed by atoms with Gasteiger partial charge in [0.15, 0.2) is 17.3 Å². The number of amides is 1. The van der Waals surface area contributed by atoms with Crippen LogP contribution in [-0.2, 0) is 11.2 Å². The van der Waals surface area contributed by atoms with E-state index < -0.39 is 17.5 Å². The molecule has 1 saturated heterocycles. The molecule has 2 atom stereocenters. The van der Waals surface area contributed by atoms with Crippen molar-refractivity contribution in [2.24, 2.45) is 11.8 Å². The minimum atomic E-state index is -1.15. The number of fused-ring (bicyclic) bond motifs is 1. The predicted molar refractivity (Wildman–Crippen MR) is 118 cm³/mol. The number of benzene rings is 1. The van der Waals surface area contributed by atoms with Gasteiger partial charge in [0.25, 0.3) is 11.9 Å². The molecule has 33 heavy (non-hydrogen) atoms. The number of halogens is 2. The molecule has 0 radical (unpaired) electrons. The van der Waals surface area contributed by atoms with Gasteiger partial charge in [-0.25, -0.2) is 4.39 Å². The number of aromatic nitrogens is 1. The molecule has 1 aliphatic heterocycles. The summed E-state index contributed by atoms with van der Waals surface area (Å²) in [6.07, 6.45) is 4.20. The number of oxazole rings is 1. The van der Waals surface area contributed by atoms with Crippen LogP contribution in [0.1, 0.15) is 55.8 Å². The summed E-state index contributed by atoms with van der Waals surface area (Å²) in [5, 5.41) is 2.43. The van der Waals surface area contributed by atoms with Crippen LogP contribution in [0, 0.1) is 23.5 Å². The highest BCUT2D eigenvalue weighted by Crippen LogP contribution is 2.52. The molecule has 178 valence electrons. The van der Waals surface area contributed by atoms with E-state index in [1.807, 2.05) is 18.7 Å². The van der Waals surface area contributed by atoms with Gasteiger partial charge < -0.3 is 24.1 Å². The Labute approximate surface area is 191 Å². The molecular weight excluding hydrogens is 432 g/mol. The summed E-state index contributed by atoms with van der Waals surface area (Å²) in [5.41, 5.74) is -0.449. The van der Waals surface area contributed by atoms with E-state index in [0.29, 0.717) is 43.1 Å². The first-order valence-electron chi connectivity index (χ1n) is 11.6. The van der Waals surface area contributed by atoms with Gasteiger partial charge in [-0.3, -0.25) is 4.79 Å². The highest BCUT2D eigenvalue weighted by Gasteiger charge is 2.47. The van der Waals surface area contributed by atoms with E-state index in [1.54, 1.807) is 7.11 Å². The van der Waals surface area contributed by atoms with Crippen LogP contribution in [0.4, 0.5) is 20.5 Å². The van der Waals surface area contributed by atoms with E-state index in [9.17, 15) is 13.6 Å². The third-order valence-corrected chi connectivity index (χ3v) is 7.32. The standard InChI is InChI=1S/C24H29F2N3O4/c1-4-17-21(28-23(33-17)29-11-24(5-2,12-29)31-3)22(30)27-16-6-7-18(20(26)19(16)25)32-15-9-13-8-14(13)10-15/h6-7,13-15H,4-5,8-12H2,1-3H3,(H,27,30). The molecule has 2 heterocycles. The molecule has 3 aliphatic rings. The van der Waals surface area contributed by atoms with Crippen molar-refractivity contribution in [1.29, 1.82) is 0 Å². The van der Waals surface area contributed by atoms with Gasteiger partial charge in [0.2, 0.25) is 5.82 Å². The molecule has 2 unspecified atom stereocenters. The van der Waals surface area contributed by atoms with Gasteiger partial charge in [0, 0.05) is 13.5 Å². The fourth-order valence-electron chi connectivity index (χ4n) is 5.01. The van der Waals surface area contributed by atoms with E-state index in [0.717, 1.165) is 19.3 Å². The van der Waals surface area contributed by atoms with Crippen LogP contribution in [0.25, 0.3) is 0 Å². The fraction of sp³-hybridized carbons (Fsp3) is 0.583. The highest BCUT2D eigenvalue weighted by atomic mass is 19.2. The number of nitrogens with zero attached hydrogens (tertiary/aromatic N) is 2. The van der Waals surface area contributed by atoms with E-state index in [2.05, 4.69) is 10.3 Å². The van der Waals surface area contributed by atoms with Gasteiger partial charge in [-0.2, -0.15) is 9.37 Å². The van der Waals surface area contributed by atoms with E-state index in [4.69, 9.17) is 13.9 Å². The molecule has 0 bridgehead atoms. The molecule has 1 amide bonds. The maximum atomic E-state index is 14.7. The number of rotatable bonds is 8. The summed E-state index contributed by atoms with van der Waals surface area (Å²) in [6.45, 7) is 5.10. The number of hydrogen-bond donors (Lipinski definition) is 1. The van der Waals surface area contributed by atoms with Crippen LogP contribution in [-0.4, -0.2) is 42.8 Å². The molecule has 2 aliphatic carbocycles. The van der Waals surface area contributed by atoms with Gasteiger partial charge in [0.05, 0.1) is 24.9 Å². The molecule has 1 aromatic carbocycles. The molecule has 2 saturated carbocycles. The van der Waals surface area contributed by atoms with Crippen molar-refractivity contribution >= 4 is 17.6 Å². The third-order valence-electron chi connectivity index (χ3n) is 7.32. The number of nitrogens with one attached hydrogen (secondary N) is 1. The lowest BCUT2D eigenvalue weighted by atomic mass is 9.91. The van der Waals surface area contributed by atoms with Crippen LogP contribution < -0.4 is 15.0 Å². The van der Waals surface area contributed by atoms with Crippen molar-refractivity contribution < 1.29 is 27.5 Å². The Morgan fingerprint density at radius 2 is 1.94 bits per heavy atom. The number of aryl methyl sites for hydroxylation is 1. The van der Waals surface area contributed by atoms with Gasteiger partial charge in [-0.05, 0) is 49.7 Å². The zero-order chi connectivity index (χ0) is 23.3. The largest absolute Gasteiger partial charge is 0.487 e. The normalized spacial score (nSPS) is 24.9. The maximum Gasteiger partial charge on any atom is 0.298 e. The molecule has 5 rings (SSSR count). The second kappa shape index (κ2) is 8.27. The lowest BCUT2D eigenvalue weighted by molar-refractivity contribution is -0.0379.